The van der Waals surface area contributed by atoms with Gasteiger partial charge in [0, 0.05) is 0 Å². The van der Waals surface area contributed by atoms with Crippen LogP contribution in [0.5, 0.6) is 5.75 Å². The van der Waals surface area contributed by atoms with Crippen LogP contribution in [0.3, 0.4) is 0 Å². The van der Waals surface area contributed by atoms with Crippen LogP contribution in [0.1, 0.15) is 103 Å². The van der Waals surface area contributed by atoms with Gasteiger partial charge >= 0.3 is 0 Å². The second-order valence-corrected chi connectivity index (χ2v) is 9.73. The van der Waals surface area contributed by atoms with Gasteiger partial charge in [-0.25, -0.2) is 0 Å². The molecule has 0 aromatic heterocycles. The SMILES string of the molecule is CCCCOc1ccc(CC[C@H]2CC[C@H]([C@H]3CC[C@H](CCC)CC3)CC2)cc1. The first kappa shape index (κ1) is 21.7. The minimum Gasteiger partial charge on any atom is -0.494 e. The molecular weight excluding hydrogens is 340 g/mol. The summed E-state index contributed by atoms with van der Waals surface area (Å²) >= 11 is 0. The third-order valence-corrected chi connectivity index (χ3v) is 7.68. The fourth-order valence-electron chi connectivity index (χ4n) is 5.76. The maximum absolute atomic E-state index is 5.79. The van der Waals surface area contributed by atoms with Gasteiger partial charge in [0.05, 0.1) is 6.61 Å². The molecule has 28 heavy (non-hydrogen) atoms. The molecule has 2 aliphatic rings. The van der Waals surface area contributed by atoms with Gasteiger partial charge in [-0.3, -0.25) is 0 Å². The van der Waals surface area contributed by atoms with Gasteiger partial charge in [-0.1, -0.05) is 70.9 Å². The smallest absolute Gasteiger partial charge is 0.119 e. The summed E-state index contributed by atoms with van der Waals surface area (Å²) in [5.74, 6) is 5.17. The van der Waals surface area contributed by atoms with Crippen LogP contribution < -0.4 is 4.74 Å². The Bertz CT molecular complexity index is 518. The third-order valence-electron chi connectivity index (χ3n) is 7.68. The largest absolute Gasteiger partial charge is 0.494 e. The van der Waals surface area contributed by atoms with E-state index in [0.29, 0.717) is 0 Å². The first-order valence-electron chi connectivity index (χ1n) is 12.5. The molecule has 0 saturated heterocycles. The molecule has 2 aliphatic carbocycles. The first-order valence-corrected chi connectivity index (χ1v) is 12.5. The summed E-state index contributed by atoms with van der Waals surface area (Å²) in [5, 5.41) is 0. The Morgan fingerprint density at radius 2 is 1.29 bits per heavy atom. The average molecular weight is 385 g/mol. The van der Waals surface area contributed by atoms with Gasteiger partial charge in [0.1, 0.15) is 5.75 Å². The fourth-order valence-corrected chi connectivity index (χ4v) is 5.76. The van der Waals surface area contributed by atoms with E-state index in [1.54, 1.807) is 0 Å². The molecule has 1 aromatic carbocycles. The lowest BCUT2D eigenvalue weighted by atomic mass is 9.68. The Hall–Kier alpha value is -0.980. The van der Waals surface area contributed by atoms with Gasteiger partial charge in [0.2, 0.25) is 0 Å². The summed E-state index contributed by atoms with van der Waals surface area (Å²) in [4.78, 5) is 0. The monoisotopic (exact) mass is 384 g/mol. The zero-order valence-electron chi connectivity index (χ0n) is 18.6. The van der Waals surface area contributed by atoms with Crippen LogP contribution in [0.4, 0.5) is 0 Å². The Labute approximate surface area is 174 Å². The van der Waals surface area contributed by atoms with E-state index in [1.165, 1.54) is 89.0 Å². The lowest BCUT2D eigenvalue weighted by Gasteiger charge is -2.38. The van der Waals surface area contributed by atoms with Crippen LogP contribution >= 0.6 is 0 Å². The van der Waals surface area contributed by atoms with Crippen molar-refractivity contribution in [3.63, 3.8) is 0 Å². The summed E-state index contributed by atoms with van der Waals surface area (Å²) in [6.45, 7) is 5.40. The number of rotatable bonds is 10. The second-order valence-electron chi connectivity index (χ2n) is 9.73. The van der Waals surface area contributed by atoms with Gasteiger partial charge in [-0.2, -0.15) is 0 Å². The Kier molecular flexibility index (Phi) is 9.22. The maximum Gasteiger partial charge on any atom is 0.119 e. The van der Waals surface area contributed by atoms with Crippen molar-refractivity contribution in [2.45, 2.75) is 104 Å². The van der Waals surface area contributed by atoms with Crippen molar-refractivity contribution >= 4 is 0 Å². The zero-order valence-corrected chi connectivity index (χ0v) is 18.6. The molecule has 0 unspecified atom stereocenters. The van der Waals surface area contributed by atoms with Gasteiger partial charge in [-0.05, 0) is 86.3 Å². The molecule has 158 valence electrons. The van der Waals surface area contributed by atoms with Crippen LogP contribution in [-0.4, -0.2) is 6.61 Å². The third kappa shape index (κ3) is 6.82. The van der Waals surface area contributed by atoms with E-state index >= 15 is 0 Å². The van der Waals surface area contributed by atoms with Crippen molar-refractivity contribution in [3.05, 3.63) is 29.8 Å². The molecule has 0 bridgehead atoms. The number of hydrogen-bond acceptors (Lipinski definition) is 1. The summed E-state index contributed by atoms with van der Waals surface area (Å²) in [6, 6.07) is 8.89. The van der Waals surface area contributed by atoms with Crippen molar-refractivity contribution in [2.75, 3.05) is 6.61 Å². The molecule has 2 saturated carbocycles. The van der Waals surface area contributed by atoms with E-state index in [0.717, 1.165) is 42.4 Å². The molecular formula is C27H44O. The summed E-state index contributed by atoms with van der Waals surface area (Å²) in [5.41, 5.74) is 1.49. The first-order chi connectivity index (χ1) is 13.8. The zero-order chi connectivity index (χ0) is 19.6. The second kappa shape index (κ2) is 11.9. The lowest BCUT2D eigenvalue weighted by Crippen LogP contribution is -2.26. The molecule has 0 spiro atoms. The summed E-state index contributed by atoms with van der Waals surface area (Å²) in [6.07, 6.45) is 19.9. The number of benzene rings is 1. The van der Waals surface area contributed by atoms with Gasteiger partial charge in [0.25, 0.3) is 0 Å². The molecule has 1 nitrogen and oxygen atoms in total. The molecule has 0 N–H and O–H groups in total. The van der Waals surface area contributed by atoms with Crippen LogP contribution in [-0.2, 0) is 6.42 Å². The van der Waals surface area contributed by atoms with Crippen LogP contribution in [0, 0.1) is 23.7 Å². The molecule has 0 radical (unpaired) electrons. The minimum atomic E-state index is 0.847. The molecule has 0 amide bonds. The highest BCUT2D eigenvalue weighted by atomic mass is 16.5. The Morgan fingerprint density at radius 1 is 0.714 bits per heavy atom. The molecule has 3 rings (SSSR count). The maximum atomic E-state index is 5.79. The van der Waals surface area contributed by atoms with Crippen LogP contribution in [0.15, 0.2) is 24.3 Å². The predicted octanol–water partition coefficient (Wildman–Crippen LogP) is 8.21. The van der Waals surface area contributed by atoms with Crippen LogP contribution in [0.2, 0.25) is 0 Å². The van der Waals surface area contributed by atoms with E-state index in [4.69, 9.17) is 4.74 Å². The summed E-state index contributed by atoms with van der Waals surface area (Å²) < 4.78 is 5.79. The number of aryl methyl sites for hydroxylation is 1. The van der Waals surface area contributed by atoms with Gasteiger partial charge in [-0.15, -0.1) is 0 Å². The number of hydrogen-bond donors (Lipinski definition) is 0. The van der Waals surface area contributed by atoms with E-state index in [2.05, 4.69) is 38.1 Å². The predicted molar refractivity (Wildman–Crippen MR) is 121 cm³/mol. The average Bonchev–Trinajstić information content (AvgIpc) is 2.75. The lowest BCUT2D eigenvalue weighted by molar-refractivity contribution is 0.141. The standard InChI is InChI=1S/C27H44O/c1-3-5-21-28-27-19-13-24(14-20-27)8-7-23-11-17-26(18-12-23)25-15-9-22(6-4-2)10-16-25/h13-14,19-20,22-23,25-26H,3-12,15-18,21H2,1-2H3/t22-,23-,25-,26-. The molecule has 0 aliphatic heterocycles. The van der Waals surface area contributed by atoms with E-state index in [9.17, 15) is 0 Å². The molecule has 1 aromatic rings. The highest BCUT2D eigenvalue weighted by Gasteiger charge is 2.30. The highest BCUT2D eigenvalue weighted by molar-refractivity contribution is 5.27. The van der Waals surface area contributed by atoms with E-state index in [1.807, 2.05) is 0 Å². The fraction of sp³-hybridized carbons (Fsp3) is 0.778. The van der Waals surface area contributed by atoms with Gasteiger partial charge < -0.3 is 4.74 Å². The number of unbranched alkanes of at least 4 members (excludes halogenated alkanes) is 1. The van der Waals surface area contributed by atoms with Gasteiger partial charge in [0.15, 0.2) is 0 Å². The van der Waals surface area contributed by atoms with Crippen molar-refractivity contribution < 1.29 is 4.74 Å². The van der Waals surface area contributed by atoms with E-state index < -0.39 is 0 Å². The minimum absolute atomic E-state index is 0.847. The van der Waals surface area contributed by atoms with Crippen molar-refractivity contribution in [2.24, 2.45) is 23.7 Å². The van der Waals surface area contributed by atoms with Crippen molar-refractivity contribution in [3.8, 4) is 5.75 Å². The molecule has 2 fully saturated rings. The van der Waals surface area contributed by atoms with E-state index in [-0.39, 0.29) is 0 Å². The van der Waals surface area contributed by atoms with Crippen molar-refractivity contribution in [1.82, 2.24) is 0 Å². The quantitative estimate of drug-likeness (QED) is 0.369. The summed E-state index contributed by atoms with van der Waals surface area (Å²) in [7, 11) is 0. The van der Waals surface area contributed by atoms with Crippen LogP contribution in [0.25, 0.3) is 0 Å². The highest BCUT2D eigenvalue weighted by Crippen LogP contribution is 2.42. The van der Waals surface area contributed by atoms with Crippen molar-refractivity contribution in [1.29, 1.82) is 0 Å². The Morgan fingerprint density at radius 3 is 1.82 bits per heavy atom. The normalized spacial score (nSPS) is 28.2. The number of ether oxygens (including phenoxy) is 1. The molecule has 0 atom stereocenters. The Balaban J connectivity index is 1.32. The topological polar surface area (TPSA) is 9.23 Å². The molecule has 1 heteroatoms. The molecule has 0 heterocycles.